The lowest BCUT2D eigenvalue weighted by molar-refractivity contribution is 0.285. The third-order valence-corrected chi connectivity index (χ3v) is 1.50. The fraction of sp³-hybridized carbons (Fsp3) is 0.714. The highest BCUT2D eigenvalue weighted by atomic mass is 16.3. The molecular weight excluding hydrogens is 156 g/mol. The Hall–Kier alpha value is -0.940. The molecule has 12 heavy (non-hydrogen) atoms. The minimum absolute atomic E-state index is 0.246. The van der Waals surface area contributed by atoms with Gasteiger partial charge in [0, 0.05) is 13.2 Å². The lowest BCUT2D eigenvalue weighted by Gasteiger charge is -2.02. The predicted molar refractivity (Wildman–Crippen MR) is 44.6 cm³/mol. The zero-order valence-electron chi connectivity index (χ0n) is 6.98. The van der Waals surface area contributed by atoms with Crippen molar-refractivity contribution in [3.63, 3.8) is 0 Å². The van der Waals surface area contributed by atoms with Crippen molar-refractivity contribution in [3.8, 4) is 0 Å². The van der Waals surface area contributed by atoms with E-state index in [2.05, 4.69) is 15.4 Å². The van der Waals surface area contributed by atoms with Crippen LogP contribution in [0.15, 0.2) is 12.7 Å². The molecule has 0 fully saturated rings. The Bertz CT molecular complexity index is 187. The van der Waals surface area contributed by atoms with Gasteiger partial charge in [-0.2, -0.15) is 5.10 Å². The summed E-state index contributed by atoms with van der Waals surface area (Å²) < 4.78 is 1.77. The molecule has 0 saturated heterocycles. The number of nitrogens with zero attached hydrogens (tertiary/aromatic N) is 3. The lowest BCUT2D eigenvalue weighted by atomic mass is 10.4. The largest absolute Gasteiger partial charge is 0.396 e. The van der Waals surface area contributed by atoms with E-state index in [0.29, 0.717) is 0 Å². The van der Waals surface area contributed by atoms with E-state index >= 15 is 0 Å². The number of rotatable bonds is 6. The molecule has 0 aliphatic rings. The molecule has 0 saturated carbocycles. The first-order valence-corrected chi connectivity index (χ1v) is 4.07. The van der Waals surface area contributed by atoms with Crippen molar-refractivity contribution < 1.29 is 5.11 Å². The van der Waals surface area contributed by atoms with E-state index in [1.165, 1.54) is 6.33 Å². The van der Waals surface area contributed by atoms with Crippen LogP contribution < -0.4 is 5.32 Å². The van der Waals surface area contributed by atoms with Crippen LogP contribution in [-0.4, -0.2) is 39.6 Å². The van der Waals surface area contributed by atoms with Crippen molar-refractivity contribution >= 4 is 0 Å². The summed E-state index contributed by atoms with van der Waals surface area (Å²) in [7, 11) is 0. The molecule has 1 aromatic rings. The smallest absolute Gasteiger partial charge is 0.137 e. The molecule has 0 bridgehead atoms. The summed E-state index contributed by atoms with van der Waals surface area (Å²) in [5.41, 5.74) is 0. The minimum Gasteiger partial charge on any atom is -0.396 e. The molecule has 0 radical (unpaired) electrons. The first kappa shape index (κ1) is 9.15. The highest BCUT2D eigenvalue weighted by Gasteiger charge is 1.89. The van der Waals surface area contributed by atoms with Crippen molar-refractivity contribution in [2.24, 2.45) is 0 Å². The number of aliphatic hydroxyl groups excluding tert-OH is 1. The Morgan fingerprint density at radius 3 is 3.00 bits per heavy atom. The van der Waals surface area contributed by atoms with Crippen LogP contribution in [0.2, 0.25) is 0 Å². The Labute approximate surface area is 71.4 Å². The molecule has 5 nitrogen and oxygen atoms in total. The van der Waals surface area contributed by atoms with Crippen LogP contribution in [0.5, 0.6) is 0 Å². The zero-order chi connectivity index (χ0) is 8.65. The van der Waals surface area contributed by atoms with E-state index < -0.39 is 0 Å². The number of nitrogens with one attached hydrogen (secondary N) is 1. The van der Waals surface area contributed by atoms with Crippen LogP contribution >= 0.6 is 0 Å². The van der Waals surface area contributed by atoms with Gasteiger partial charge in [0.05, 0.1) is 6.54 Å². The normalized spacial score (nSPS) is 10.4. The van der Waals surface area contributed by atoms with Crippen LogP contribution in [0, 0.1) is 0 Å². The lowest BCUT2D eigenvalue weighted by Crippen LogP contribution is -2.21. The second-order valence-corrected chi connectivity index (χ2v) is 2.49. The van der Waals surface area contributed by atoms with Gasteiger partial charge in [-0.05, 0) is 13.0 Å². The van der Waals surface area contributed by atoms with Gasteiger partial charge in [-0.1, -0.05) is 0 Å². The van der Waals surface area contributed by atoms with Crippen molar-refractivity contribution in [1.29, 1.82) is 0 Å². The molecule has 1 heterocycles. The predicted octanol–water partition coefficient (Wildman–Crippen LogP) is -0.750. The van der Waals surface area contributed by atoms with Crippen LogP contribution in [0.3, 0.4) is 0 Å². The van der Waals surface area contributed by atoms with Crippen molar-refractivity contribution in [1.82, 2.24) is 20.1 Å². The molecule has 0 atom stereocenters. The maximum atomic E-state index is 8.48. The molecule has 0 aromatic carbocycles. The Balaban J connectivity index is 1.96. The molecule has 68 valence electrons. The van der Waals surface area contributed by atoms with Gasteiger partial charge in [-0.25, -0.2) is 4.98 Å². The summed E-state index contributed by atoms with van der Waals surface area (Å²) in [5, 5.41) is 15.6. The SMILES string of the molecule is OCCCNCCn1cncn1. The number of hydrogen-bond donors (Lipinski definition) is 2. The average Bonchev–Trinajstić information content (AvgIpc) is 2.57. The third-order valence-electron chi connectivity index (χ3n) is 1.50. The molecule has 0 unspecified atom stereocenters. The van der Waals surface area contributed by atoms with E-state index in [4.69, 9.17) is 5.11 Å². The van der Waals surface area contributed by atoms with Crippen molar-refractivity contribution in [2.45, 2.75) is 13.0 Å². The Morgan fingerprint density at radius 1 is 1.42 bits per heavy atom. The topological polar surface area (TPSA) is 63.0 Å². The fourth-order valence-electron chi connectivity index (χ4n) is 0.871. The standard InChI is InChI=1S/C7H14N4O/c12-5-1-2-8-3-4-11-7-9-6-10-11/h6-8,12H,1-5H2. The van der Waals surface area contributed by atoms with Gasteiger partial charge < -0.3 is 10.4 Å². The molecule has 1 rings (SSSR count). The second-order valence-electron chi connectivity index (χ2n) is 2.49. The van der Waals surface area contributed by atoms with E-state index in [1.807, 2.05) is 0 Å². The Morgan fingerprint density at radius 2 is 2.33 bits per heavy atom. The quantitative estimate of drug-likeness (QED) is 0.551. The molecule has 2 N–H and O–H groups in total. The highest BCUT2D eigenvalue weighted by molar-refractivity contribution is 4.57. The summed E-state index contributed by atoms with van der Waals surface area (Å²) in [6.07, 6.45) is 4.01. The summed E-state index contributed by atoms with van der Waals surface area (Å²) in [5.74, 6) is 0. The first-order chi connectivity index (χ1) is 5.93. The maximum absolute atomic E-state index is 8.48. The molecular formula is C7H14N4O. The maximum Gasteiger partial charge on any atom is 0.137 e. The number of aliphatic hydroxyl groups is 1. The molecule has 0 spiro atoms. The van der Waals surface area contributed by atoms with E-state index in [0.717, 1.165) is 26.1 Å². The van der Waals surface area contributed by atoms with Crippen LogP contribution in [0.4, 0.5) is 0 Å². The monoisotopic (exact) mass is 170 g/mol. The van der Waals surface area contributed by atoms with Gasteiger partial charge in [-0.15, -0.1) is 0 Å². The van der Waals surface area contributed by atoms with Gasteiger partial charge >= 0.3 is 0 Å². The number of hydrogen-bond acceptors (Lipinski definition) is 4. The molecule has 5 heteroatoms. The molecule has 0 amide bonds. The summed E-state index contributed by atoms with van der Waals surface area (Å²) >= 11 is 0. The van der Waals surface area contributed by atoms with E-state index in [-0.39, 0.29) is 6.61 Å². The Kier molecular flexibility index (Phi) is 4.33. The van der Waals surface area contributed by atoms with Crippen molar-refractivity contribution in [2.75, 3.05) is 19.7 Å². The van der Waals surface area contributed by atoms with Gasteiger partial charge in [0.1, 0.15) is 12.7 Å². The molecule has 1 aromatic heterocycles. The average molecular weight is 170 g/mol. The summed E-state index contributed by atoms with van der Waals surface area (Å²) in [6, 6.07) is 0. The van der Waals surface area contributed by atoms with Gasteiger partial charge in [-0.3, -0.25) is 4.68 Å². The summed E-state index contributed by atoms with van der Waals surface area (Å²) in [6.45, 7) is 2.79. The molecule has 0 aliphatic heterocycles. The van der Waals surface area contributed by atoms with Crippen LogP contribution in [0.25, 0.3) is 0 Å². The first-order valence-electron chi connectivity index (χ1n) is 4.07. The van der Waals surface area contributed by atoms with Crippen LogP contribution in [0.1, 0.15) is 6.42 Å². The van der Waals surface area contributed by atoms with E-state index in [9.17, 15) is 0 Å². The second kappa shape index (κ2) is 5.68. The third kappa shape index (κ3) is 3.45. The van der Waals surface area contributed by atoms with Gasteiger partial charge in [0.25, 0.3) is 0 Å². The van der Waals surface area contributed by atoms with E-state index in [1.54, 1.807) is 11.0 Å². The highest BCUT2D eigenvalue weighted by Crippen LogP contribution is 1.78. The fourth-order valence-corrected chi connectivity index (χ4v) is 0.871. The zero-order valence-corrected chi connectivity index (χ0v) is 6.98. The van der Waals surface area contributed by atoms with Gasteiger partial charge in [0.15, 0.2) is 0 Å². The number of aromatic nitrogens is 3. The van der Waals surface area contributed by atoms with Gasteiger partial charge in [0.2, 0.25) is 0 Å². The van der Waals surface area contributed by atoms with Crippen molar-refractivity contribution in [3.05, 3.63) is 12.7 Å². The van der Waals surface area contributed by atoms with Crippen LogP contribution in [-0.2, 0) is 6.54 Å². The minimum atomic E-state index is 0.246. The molecule has 0 aliphatic carbocycles. The summed E-state index contributed by atoms with van der Waals surface area (Å²) in [4.78, 5) is 3.82.